The number of amides is 1. The number of aliphatic carboxylic acids is 1. The number of carboxylic acids is 1. The minimum atomic E-state index is -3.57. The minimum Gasteiger partial charge on any atom is -0.479 e. The lowest BCUT2D eigenvalue weighted by Gasteiger charge is -2.23. The fraction of sp³-hybridized carbons (Fsp3) is 0.529. The van der Waals surface area contributed by atoms with E-state index < -0.39 is 31.3 Å². The summed E-state index contributed by atoms with van der Waals surface area (Å²) in [6.45, 7) is 8.70. The Balaban J connectivity index is 3.16. The first-order chi connectivity index (χ1) is 12.0. The van der Waals surface area contributed by atoms with Crippen molar-refractivity contribution in [2.24, 2.45) is 0 Å². The number of alkyl carbamates (subject to hydrolysis) is 1. The maximum atomic E-state index is 12.9. The Morgan fingerprint density at radius 2 is 1.77 bits per heavy atom. The van der Waals surface area contributed by atoms with Crippen LogP contribution in [0.5, 0.6) is 0 Å². The highest BCUT2D eigenvalue weighted by Gasteiger charge is 2.30. The zero-order valence-electron chi connectivity index (χ0n) is 15.6. The van der Waals surface area contributed by atoms with Gasteiger partial charge in [0.2, 0.25) is 0 Å². The molecule has 0 aliphatic carbocycles. The SMILES string of the molecule is CCOP(=O)(OCC)c1cccc(C(NC(=O)OC(C)(C)C)C(=O)O)c1. The molecule has 0 aliphatic rings. The first kappa shape index (κ1) is 22.2. The van der Waals surface area contributed by atoms with Gasteiger partial charge in [0, 0.05) is 0 Å². The number of benzene rings is 1. The Kier molecular flexibility index (Phi) is 7.81. The molecule has 1 aromatic carbocycles. The third kappa shape index (κ3) is 6.44. The van der Waals surface area contributed by atoms with Crippen molar-refractivity contribution < 1.29 is 33.0 Å². The highest BCUT2D eigenvalue weighted by atomic mass is 31.2. The average molecular weight is 387 g/mol. The van der Waals surface area contributed by atoms with Crippen molar-refractivity contribution in [1.82, 2.24) is 5.32 Å². The molecule has 0 heterocycles. The Morgan fingerprint density at radius 3 is 2.23 bits per heavy atom. The van der Waals surface area contributed by atoms with E-state index in [1.54, 1.807) is 34.6 Å². The molecular formula is C17H26NO7P. The highest BCUT2D eigenvalue weighted by Crippen LogP contribution is 2.47. The van der Waals surface area contributed by atoms with E-state index in [1.165, 1.54) is 24.3 Å². The molecule has 146 valence electrons. The molecule has 0 bridgehead atoms. The first-order valence-electron chi connectivity index (χ1n) is 8.24. The molecule has 1 aromatic rings. The number of rotatable bonds is 8. The lowest BCUT2D eigenvalue weighted by Crippen LogP contribution is -2.38. The van der Waals surface area contributed by atoms with Crippen LogP contribution in [0.2, 0.25) is 0 Å². The van der Waals surface area contributed by atoms with Gasteiger partial charge in [-0.15, -0.1) is 0 Å². The number of ether oxygens (including phenoxy) is 1. The van der Waals surface area contributed by atoms with Crippen LogP contribution in [0.25, 0.3) is 0 Å². The Bertz CT molecular complexity index is 674. The fourth-order valence-corrected chi connectivity index (χ4v) is 3.74. The normalized spacial score (nSPS) is 13.1. The average Bonchev–Trinajstić information content (AvgIpc) is 2.51. The van der Waals surface area contributed by atoms with Crippen molar-refractivity contribution in [1.29, 1.82) is 0 Å². The van der Waals surface area contributed by atoms with Crippen molar-refractivity contribution >= 4 is 25.0 Å². The van der Waals surface area contributed by atoms with Gasteiger partial charge in [-0.05, 0) is 52.3 Å². The van der Waals surface area contributed by atoms with E-state index in [9.17, 15) is 19.3 Å². The number of hydrogen-bond acceptors (Lipinski definition) is 6. The summed E-state index contributed by atoms with van der Waals surface area (Å²) in [5.41, 5.74) is -0.547. The van der Waals surface area contributed by atoms with Crippen LogP contribution in [0.3, 0.4) is 0 Å². The van der Waals surface area contributed by atoms with Gasteiger partial charge in [-0.25, -0.2) is 9.59 Å². The quantitative estimate of drug-likeness (QED) is 0.659. The number of hydrogen-bond donors (Lipinski definition) is 2. The van der Waals surface area contributed by atoms with Crippen molar-refractivity contribution in [3.8, 4) is 0 Å². The summed E-state index contributed by atoms with van der Waals surface area (Å²) in [4.78, 5) is 23.5. The maximum Gasteiger partial charge on any atom is 0.408 e. The van der Waals surface area contributed by atoms with Gasteiger partial charge >= 0.3 is 19.7 Å². The summed E-state index contributed by atoms with van der Waals surface area (Å²) >= 11 is 0. The third-order valence-electron chi connectivity index (χ3n) is 3.03. The van der Waals surface area contributed by atoms with Gasteiger partial charge in [0.1, 0.15) is 5.60 Å². The number of carbonyl (C=O) groups excluding carboxylic acids is 1. The smallest absolute Gasteiger partial charge is 0.408 e. The van der Waals surface area contributed by atoms with Crippen LogP contribution in [0.15, 0.2) is 24.3 Å². The molecule has 1 atom stereocenters. The molecule has 0 spiro atoms. The molecule has 0 radical (unpaired) electrons. The predicted octanol–water partition coefficient (Wildman–Crippen LogP) is 3.23. The second kappa shape index (κ2) is 9.16. The van der Waals surface area contributed by atoms with E-state index in [0.717, 1.165) is 0 Å². The van der Waals surface area contributed by atoms with Gasteiger partial charge in [-0.3, -0.25) is 4.57 Å². The Hall–Kier alpha value is -1.89. The van der Waals surface area contributed by atoms with Crippen LogP contribution < -0.4 is 10.6 Å². The lowest BCUT2D eigenvalue weighted by atomic mass is 10.1. The van der Waals surface area contributed by atoms with Crippen LogP contribution in [0, 0.1) is 0 Å². The van der Waals surface area contributed by atoms with Gasteiger partial charge in [0.25, 0.3) is 0 Å². The van der Waals surface area contributed by atoms with Crippen LogP contribution in [-0.4, -0.2) is 36.0 Å². The molecule has 0 aliphatic heterocycles. The molecule has 2 N–H and O–H groups in total. The molecule has 0 fully saturated rings. The zero-order valence-corrected chi connectivity index (χ0v) is 16.5. The molecule has 9 heteroatoms. The number of nitrogens with one attached hydrogen (secondary N) is 1. The van der Waals surface area contributed by atoms with Crippen LogP contribution >= 0.6 is 7.60 Å². The first-order valence-corrected chi connectivity index (χ1v) is 9.78. The van der Waals surface area contributed by atoms with Crippen molar-refractivity contribution in [3.05, 3.63) is 29.8 Å². The number of carbonyl (C=O) groups is 2. The second-order valence-corrected chi connectivity index (χ2v) is 8.37. The Morgan fingerprint density at radius 1 is 1.19 bits per heavy atom. The molecule has 0 aromatic heterocycles. The minimum absolute atomic E-state index is 0.167. The molecule has 8 nitrogen and oxygen atoms in total. The van der Waals surface area contributed by atoms with Crippen molar-refractivity contribution in [2.75, 3.05) is 13.2 Å². The highest BCUT2D eigenvalue weighted by molar-refractivity contribution is 7.62. The molecule has 26 heavy (non-hydrogen) atoms. The molecule has 1 amide bonds. The summed E-state index contributed by atoms with van der Waals surface area (Å²) in [6, 6.07) is 4.58. The second-order valence-electron chi connectivity index (χ2n) is 6.35. The topological polar surface area (TPSA) is 111 Å². The van der Waals surface area contributed by atoms with Crippen molar-refractivity contribution in [2.45, 2.75) is 46.3 Å². The summed E-state index contributed by atoms with van der Waals surface area (Å²) in [5.74, 6) is -1.28. The van der Waals surface area contributed by atoms with E-state index in [0.29, 0.717) is 0 Å². The zero-order chi connectivity index (χ0) is 20.0. The van der Waals surface area contributed by atoms with Gasteiger partial charge in [-0.1, -0.05) is 12.1 Å². The van der Waals surface area contributed by atoms with E-state index in [2.05, 4.69) is 5.32 Å². The summed E-state index contributed by atoms with van der Waals surface area (Å²) in [5, 5.41) is 12.0. The summed E-state index contributed by atoms with van der Waals surface area (Å²) in [6.07, 6.45) is -0.867. The van der Waals surface area contributed by atoms with Gasteiger partial charge in [0.15, 0.2) is 6.04 Å². The Labute approximate surface area is 153 Å². The fourth-order valence-electron chi connectivity index (χ4n) is 2.11. The van der Waals surface area contributed by atoms with Crippen molar-refractivity contribution in [3.63, 3.8) is 0 Å². The molecular weight excluding hydrogens is 361 g/mol. The lowest BCUT2D eigenvalue weighted by molar-refractivity contribution is -0.139. The number of carboxylic acid groups (broad SMARTS) is 1. The largest absolute Gasteiger partial charge is 0.479 e. The monoisotopic (exact) mass is 387 g/mol. The van der Waals surface area contributed by atoms with Crippen LogP contribution in [0.1, 0.15) is 46.2 Å². The van der Waals surface area contributed by atoms with Gasteiger partial charge in [-0.2, -0.15) is 0 Å². The molecule has 1 rings (SSSR count). The van der Waals surface area contributed by atoms with E-state index in [4.69, 9.17) is 13.8 Å². The van der Waals surface area contributed by atoms with Gasteiger partial charge in [0.05, 0.1) is 18.5 Å². The predicted molar refractivity (Wildman–Crippen MR) is 96.7 cm³/mol. The molecule has 1 unspecified atom stereocenters. The van der Waals surface area contributed by atoms with Gasteiger partial charge < -0.3 is 24.2 Å². The molecule has 0 saturated carbocycles. The van der Waals surface area contributed by atoms with Crippen LogP contribution in [-0.2, 0) is 23.1 Å². The summed E-state index contributed by atoms with van der Waals surface area (Å²) in [7, 11) is -3.57. The standard InChI is InChI=1S/C17H26NO7P/c1-6-23-26(22,24-7-2)13-10-8-9-12(11-13)14(15(19)20)18-16(21)25-17(3,4)5/h8-11,14H,6-7H2,1-5H3,(H,18,21)(H,19,20). The maximum absolute atomic E-state index is 12.9. The van der Waals surface area contributed by atoms with E-state index in [-0.39, 0.29) is 24.1 Å². The van der Waals surface area contributed by atoms with E-state index >= 15 is 0 Å². The van der Waals surface area contributed by atoms with E-state index in [1.807, 2.05) is 0 Å². The molecule has 0 saturated heterocycles. The summed E-state index contributed by atoms with van der Waals surface area (Å²) < 4.78 is 28.5. The third-order valence-corrected chi connectivity index (χ3v) is 5.13. The van der Waals surface area contributed by atoms with Crippen LogP contribution in [0.4, 0.5) is 4.79 Å².